The average Bonchev–Trinajstić information content (AvgIpc) is 3.26. The summed E-state index contributed by atoms with van der Waals surface area (Å²) in [5, 5.41) is 8.25. The van der Waals surface area contributed by atoms with Gasteiger partial charge >= 0.3 is 0 Å². The van der Waals surface area contributed by atoms with Crippen molar-refractivity contribution in [3.05, 3.63) is 52.6 Å². The van der Waals surface area contributed by atoms with Crippen LogP contribution in [0.4, 0.5) is 0 Å². The molecule has 0 radical (unpaired) electrons. The van der Waals surface area contributed by atoms with Crippen molar-refractivity contribution < 1.29 is 9.53 Å². The number of methoxy groups -OCH3 is 1. The fourth-order valence-corrected chi connectivity index (χ4v) is 3.84. The summed E-state index contributed by atoms with van der Waals surface area (Å²) in [6.45, 7) is 6.45. The van der Waals surface area contributed by atoms with Crippen molar-refractivity contribution in [3.8, 4) is 5.88 Å². The number of nitrogens with one attached hydrogen (secondary N) is 1. The minimum Gasteiger partial charge on any atom is -0.479 e. The van der Waals surface area contributed by atoms with Gasteiger partial charge in [0.2, 0.25) is 11.8 Å². The van der Waals surface area contributed by atoms with Gasteiger partial charge in [-0.3, -0.25) is 4.79 Å². The number of hydrogen-bond acceptors (Lipinski definition) is 5. The summed E-state index contributed by atoms with van der Waals surface area (Å²) in [4.78, 5) is 21.7. The molecule has 0 saturated heterocycles. The minimum atomic E-state index is -0.0136. The topological polar surface area (TPSA) is 86.3 Å². The Morgan fingerprint density at radius 1 is 1.23 bits per heavy atom. The highest BCUT2D eigenvalue weighted by Crippen LogP contribution is 2.30. The second-order valence-electron chi connectivity index (χ2n) is 7.61. The van der Waals surface area contributed by atoms with Gasteiger partial charge in [-0.2, -0.15) is 0 Å². The fourth-order valence-electron chi connectivity index (χ4n) is 3.84. The maximum atomic E-state index is 12.5. The highest BCUT2D eigenvalue weighted by molar-refractivity contribution is 5.86. The van der Waals surface area contributed by atoms with E-state index in [0.29, 0.717) is 25.3 Å². The molecule has 0 bridgehead atoms. The van der Waals surface area contributed by atoms with Crippen molar-refractivity contribution in [2.45, 2.75) is 40.2 Å². The number of carbonyl (C=O) groups is 1. The maximum absolute atomic E-state index is 12.5. The zero-order chi connectivity index (χ0) is 21.4. The number of amides is 1. The van der Waals surface area contributed by atoms with Gasteiger partial charge in [0.1, 0.15) is 5.65 Å². The summed E-state index contributed by atoms with van der Waals surface area (Å²) >= 11 is 0. The van der Waals surface area contributed by atoms with Crippen LogP contribution in [0.3, 0.4) is 0 Å². The van der Waals surface area contributed by atoms with Gasteiger partial charge in [0, 0.05) is 31.6 Å². The van der Waals surface area contributed by atoms with Crippen molar-refractivity contribution in [1.82, 2.24) is 29.5 Å². The standard InChI is InChI=1S/C22H26N6O2/c1-13-8-9-28-12-16(25-18(28)10-13)11-23-19(29)7-6-17-14(2)20-21(24-15(17)3)27(4)26-22(20)30-5/h8-10,12H,6-7,11H2,1-5H3,(H,23,29). The van der Waals surface area contributed by atoms with E-state index >= 15 is 0 Å². The zero-order valence-electron chi connectivity index (χ0n) is 18.0. The lowest BCUT2D eigenvalue weighted by Gasteiger charge is -2.11. The number of nitrogens with zero attached hydrogens (tertiary/aromatic N) is 5. The molecule has 0 aromatic carbocycles. The van der Waals surface area contributed by atoms with Gasteiger partial charge in [-0.1, -0.05) is 0 Å². The Hall–Kier alpha value is -3.42. The van der Waals surface area contributed by atoms with Gasteiger partial charge in [-0.25, -0.2) is 14.6 Å². The Labute approximate surface area is 174 Å². The lowest BCUT2D eigenvalue weighted by atomic mass is 10.00. The van der Waals surface area contributed by atoms with E-state index in [9.17, 15) is 4.79 Å². The van der Waals surface area contributed by atoms with Crippen LogP contribution in [0, 0.1) is 20.8 Å². The van der Waals surface area contributed by atoms with Crippen LogP contribution < -0.4 is 10.1 Å². The van der Waals surface area contributed by atoms with Crippen molar-refractivity contribution >= 4 is 22.6 Å². The Morgan fingerprint density at radius 2 is 2.03 bits per heavy atom. The first-order valence-corrected chi connectivity index (χ1v) is 9.95. The number of carbonyl (C=O) groups excluding carboxylic acids is 1. The molecule has 0 aliphatic heterocycles. The molecule has 0 fully saturated rings. The summed E-state index contributed by atoms with van der Waals surface area (Å²) in [7, 11) is 3.46. The van der Waals surface area contributed by atoms with E-state index in [1.54, 1.807) is 11.8 Å². The Balaban J connectivity index is 1.44. The molecule has 1 amide bonds. The summed E-state index contributed by atoms with van der Waals surface area (Å²) in [6.07, 6.45) is 4.90. The van der Waals surface area contributed by atoms with E-state index in [-0.39, 0.29) is 5.91 Å². The molecule has 0 saturated carbocycles. The number of aromatic nitrogens is 5. The third kappa shape index (κ3) is 3.60. The molecule has 4 rings (SSSR count). The zero-order valence-corrected chi connectivity index (χ0v) is 18.0. The van der Waals surface area contributed by atoms with Gasteiger partial charge in [0.25, 0.3) is 0 Å². The van der Waals surface area contributed by atoms with Gasteiger partial charge in [0.05, 0.1) is 24.7 Å². The fraction of sp³-hybridized carbons (Fsp3) is 0.364. The molecule has 4 aromatic rings. The SMILES string of the molecule is COc1nn(C)c2nc(C)c(CCC(=O)NCc3cn4ccc(C)cc4n3)c(C)c12. The molecular weight excluding hydrogens is 380 g/mol. The second-order valence-corrected chi connectivity index (χ2v) is 7.61. The van der Waals surface area contributed by atoms with Crippen LogP contribution in [-0.2, 0) is 24.8 Å². The van der Waals surface area contributed by atoms with E-state index in [0.717, 1.165) is 44.8 Å². The third-order valence-electron chi connectivity index (χ3n) is 5.45. The first kappa shape index (κ1) is 19.9. The number of hydrogen-bond donors (Lipinski definition) is 1. The molecule has 30 heavy (non-hydrogen) atoms. The van der Waals surface area contributed by atoms with E-state index in [4.69, 9.17) is 4.74 Å². The van der Waals surface area contributed by atoms with Crippen molar-refractivity contribution in [2.75, 3.05) is 7.11 Å². The van der Waals surface area contributed by atoms with Crippen molar-refractivity contribution in [3.63, 3.8) is 0 Å². The molecule has 0 unspecified atom stereocenters. The number of ether oxygens (including phenoxy) is 1. The number of aryl methyl sites for hydroxylation is 4. The number of rotatable bonds is 6. The minimum absolute atomic E-state index is 0.0136. The molecule has 1 N–H and O–H groups in total. The molecule has 4 heterocycles. The van der Waals surface area contributed by atoms with Crippen LogP contribution in [0.15, 0.2) is 24.5 Å². The summed E-state index contributed by atoms with van der Waals surface area (Å²) in [6, 6.07) is 4.05. The Bertz CT molecular complexity index is 1250. The first-order chi connectivity index (χ1) is 14.4. The quantitative estimate of drug-likeness (QED) is 0.532. The summed E-state index contributed by atoms with van der Waals surface area (Å²) in [5.41, 5.74) is 6.70. The van der Waals surface area contributed by atoms with Crippen molar-refractivity contribution in [1.29, 1.82) is 0 Å². The molecule has 0 spiro atoms. The number of imidazole rings is 1. The van der Waals surface area contributed by atoms with Gasteiger partial charge < -0.3 is 14.5 Å². The normalized spacial score (nSPS) is 11.4. The van der Waals surface area contributed by atoms with Gasteiger partial charge in [-0.15, -0.1) is 5.10 Å². The smallest absolute Gasteiger partial charge is 0.242 e. The Kier molecular flexibility index (Phi) is 5.15. The number of fused-ring (bicyclic) bond motifs is 2. The monoisotopic (exact) mass is 406 g/mol. The predicted octanol–water partition coefficient (Wildman–Crippen LogP) is 2.80. The van der Waals surface area contributed by atoms with Crippen molar-refractivity contribution in [2.24, 2.45) is 7.05 Å². The molecule has 0 atom stereocenters. The summed E-state index contributed by atoms with van der Waals surface area (Å²) in [5.74, 6) is 0.547. The van der Waals surface area contributed by atoms with E-state index in [1.165, 1.54) is 0 Å². The molecule has 8 nitrogen and oxygen atoms in total. The van der Waals surface area contributed by atoms with E-state index in [1.807, 2.05) is 56.7 Å². The van der Waals surface area contributed by atoms with Crippen LogP contribution in [-0.4, -0.2) is 37.2 Å². The largest absolute Gasteiger partial charge is 0.479 e. The molecular formula is C22H26N6O2. The average molecular weight is 406 g/mol. The van der Waals surface area contributed by atoms with Gasteiger partial charge in [0.15, 0.2) is 5.65 Å². The Morgan fingerprint density at radius 3 is 2.80 bits per heavy atom. The van der Waals surface area contributed by atoms with Crippen LogP contribution in [0.25, 0.3) is 16.7 Å². The van der Waals surface area contributed by atoms with E-state index in [2.05, 4.69) is 20.4 Å². The lowest BCUT2D eigenvalue weighted by molar-refractivity contribution is -0.121. The number of pyridine rings is 2. The highest BCUT2D eigenvalue weighted by Gasteiger charge is 2.18. The molecule has 0 aliphatic rings. The highest BCUT2D eigenvalue weighted by atomic mass is 16.5. The van der Waals surface area contributed by atoms with E-state index < -0.39 is 0 Å². The van der Waals surface area contributed by atoms with Crippen LogP contribution in [0.5, 0.6) is 5.88 Å². The molecule has 8 heteroatoms. The molecule has 0 aliphatic carbocycles. The van der Waals surface area contributed by atoms with Crippen LogP contribution >= 0.6 is 0 Å². The lowest BCUT2D eigenvalue weighted by Crippen LogP contribution is -2.23. The third-order valence-corrected chi connectivity index (χ3v) is 5.45. The first-order valence-electron chi connectivity index (χ1n) is 9.95. The second kappa shape index (κ2) is 7.78. The summed E-state index contributed by atoms with van der Waals surface area (Å²) < 4.78 is 9.09. The maximum Gasteiger partial charge on any atom is 0.242 e. The van der Waals surface area contributed by atoms with Gasteiger partial charge in [-0.05, 0) is 56.0 Å². The molecule has 156 valence electrons. The predicted molar refractivity (Wildman–Crippen MR) is 115 cm³/mol. The van der Waals surface area contributed by atoms with Crippen LogP contribution in [0.2, 0.25) is 0 Å². The molecule has 4 aromatic heterocycles. The van der Waals surface area contributed by atoms with Crippen LogP contribution in [0.1, 0.15) is 34.5 Å².